The number of hydrogen-bond donors (Lipinski definition) is 3. The highest BCUT2D eigenvalue weighted by Crippen LogP contribution is 2.09. The number of nitrogens with zero attached hydrogens (tertiary/aromatic N) is 1. The van der Waals surface area contributed by atoms with Crippen molar-refractivity contribution in [3.05, 3.63) is 12.4 Å². The van der Waals surface area contributed by atoms with Gasteiger partial charge < -0.3 is 11.1 Å². The number of anilines is 1. The standard InChI is InChI=1S/C9H16N4O/c1-7(3-2-4-10)9(14)13-8-5-11-12-6-8/h5-7H,2-4,10H2,1H3,(H,11,12)(H,13,14). The first-order chi connectivity index (χ1) is 6.74. The molecule has 0 saturated heterocycles. The fourth-order valence-corrected chi connectivity index (χ4v) is 1.14. The highest BCUT2D eigenvalue weighted by Gasteiger charge is 2.12. The second-order valence-corrected chi connectivity index (χ2v) is 3.31. The summed E-state index contributed by atoms with van der Waals surface area (Å²) in [4.78, 5) is 11.5. The highest BCUT2D eigenvalue weighted by molar-refractivity contribution is 5.91. The number of hydrogen-bond acceptors (Lipinski definition) is 3. The van der Waals surface area contributed by atoms with Gasteiger partial charge in [-0.05, 0) is 19.4 Å². The zero-order valence-corrected chi connectivity index (χ0v) is 8.29. The Kier molecular flexibility index (Phi) is 4.12. The fraction of sp³-hybridized carbons (Fsp3) is 0.556. The quantitative estimate of drug-likeness (QED) is 0.649. The van der Waals surface area contributed by atoms with Crippen molar-refractivity contribution in [3.63, 3.8) is 0 Å². The molecule has 1 rings (SSSR count). The minimum atomic E-state index is -0.00606. The number of carbonyl (C=O) groups excluding carboxylic acids is 1. The Morgan fingerprint density at radius 1 is 1.79 bits per heavy atom. The van der Waals surface area contributed by atoms with E-state index >= 15 is 0 Å². The summed E-state index contributed by atoms with van der Waals surface area (Å²) in [6.07, 6.45) is 4.92. The van der Waals surface area contributed by atoms with Gasteiger partial charge in [0.25, 0.3) is 0 Å². The van der Waals surface area contributed by atoms with Gasteiger partial charge in [-0.15, -0.1) is 0 Å². The van der Waals surface area contributed by atoms with E-state index in [-0.39, 0.29) is 11.8 Å². The van der Waals surface area contributed by atoms with Gasteiger partial charge in [-0.2, -0.15) is 5.10 Å². The summed E-state index contributed by atoms with van der Waals surface area (Å²) in [7, 11) is 0. The molecule has 1 aromatic rings. The maximum atomic E-state index is 11.5. The third-order valence-corrected chi connectivity index (χ3v) is 2.05. The van der Waals surface area contributed by atoms with Crippen LogP contribution in [-0.4, -0.2) is 22.6 Å². The van der Waals surface area contributed by atoms with Crippen molar-refractivity contribution in [2.75, 3.05) is 11.9 Å². The molecule has 14 heavy (non-hydrogen) atoms. The van der Waals surface area contributed by atoms with E-state index in [0.29, 0.717) is 12.2 Å². The Balaban J connectivity index is 2.34. The predicted molar refractivity (Wildman–Crippen MR) is 54.7 cm³/mol. The normalized spacial score (nSPS) is 12.4. The molecule has 1 aromatic heterocycles. The van der Waals surface area contributed by atoms with E-state index in [9.17, 15) is 4.79 Å². The Morgan fingerprint density at radius 2 is 2.57 bits per heavy atom. The van der Waals surface area contributed by atoms with E-state index in [1.807, 2.05) is 6.92 Å². The highest BCUT2D eigenvalue weighted by atomic mass is 16.1. The number of aromatic amines is 1. The van der Waals surface area contributed by atoms with Crippen LogP contribution in [0.1, 0.15) is 19.8 Å². The molecular weight excluding hydrogens is 180 g/mol. The molecule has 0 aliphatic carbocycles. The summed E-state index contributed by atoms with van der Waals surface area (Å²) in [6.45, 7) is 2.52. The summed E-state index contributed by atoms with van der Waals surface area (Å²) < 4.78 is 0. The van der Waals surface area contributed by atoms with Crippen molar-refractivity contribution in [1.82, 2.24) is 10.2 Å². The van der Waals surface area contributed by atoms with E-state index in [1.54, 1.807) is 12.4 Å². The molecule has 0 bridgehead atoms. The number of nitrogens with two attached hydrogens (primary N) is 1. The van der Waals surface area contributed by atoms with E-state index in [1.165, 1.54) is 0 Å². The number of H-pyrrole nitrogens is 1. The lowest BCUT2D eigenvalue weighted by atomic mass is 10.1. The molecule has 1 atom stereocenters. The van der Waals surface area contributed by atoms with Crippen LogP contribution in [0.5, 0.6) is 0 Å². The summed E-state index contributed by atoms with van der Waals surface area (Å²) >= 11 is 0. The molecular formula is C9H16N4O. The van der Waals surface area contributed by atoms with Crippen LogP contribution < -0.4 is 11.1 Å². The fourth-order valence-electron chi connectivity index (χ4n) is 1.14. The largest absolute Gasteiger partial charge is 0.330 e. The first-order valence-corrected chi connectivity index (χ1v) is 4.73. The molecule has 0 aliphatic heterocycles. The van der Waals surface area contributed by atoms with Crippen molar-refractivity contribution in [2.24, 2.45) is 11.7 Å². The smallest absolute Gasteiger partial charge is 0.227 e. The van der Waals surface area contributed by atoms with Crippen LogP contribution in [0.4, 0.5) is 5.69 Å². The average molecular weight is 196 g/mol. The first-order valence-electron chi connectivity index (χ1n) is 4.73. The Bertz CT molecular complexity index is 270. The Hall–Kier alpha value is -1.36. The number of nitrogens with one attached hydrogen (secondary N) is 2. The van der Waals surface area contributed by atoms with Crippen molar-refractivity contribution in [2.45, 2.75) is 19.8 Å². The molecule has 0 spiro atoms. The summed E-state index contributed by atoms with van der Waals surface area (Å²) in [5.74, 6) is 0.00769. The number of aromatic nitrogens is 2. The molecule has 0 aliphatic rings. The minimum Gasteiger partial charge on any atom is -0.330 e. The molecule has 1 unspecified atom stereocenters. The van der Waals surface area contributed by atoms with Gasteiger partial charge in [-0.25, -0.2) is 0 Å². The number of rotatable bonds is 5. The second kappa shape index (κ2) is 5.39. The lowest BCUT2D eigenvalue weighted by molar-refractivity contribution is -0.119. The lowest BCUT2D eigenvalue weighted by Gasteiger charge is -2.09. The van der Waals surface area contributed by atoms with Crippen LogP contribution in [0.25, 0.3) is 0 Å². The lowest BCUT2D eigenvalue weighted by Crippen LogP contribution is -2.20. The third-order valence-electron chi connectivity index (χ3n) is 2.05. The summed E-state index contributed by atoms with van der Waals surface area (Å²) in [5.41, 5.74) is 6.07. The minimum absolute atomic E-state index is 0.00606. The number of carbonyl (C=O) groups is 1. The van der Waals surface area contributed by atoms with Crippen LogP contribution in [0.3, 0.4) is 0 Å². The monoisotopic (exact) mass is 196 g/mol. The SMILES string of the molecule is CC(CCCN)C(=O)Nc1cn[nH]c1. The molecule has 0 aromatic carbocycles. The van der Waals surface area contributed by atoms with Crippen LogP contribution in [0.15, 0.2) is 12.4 Å². The van der Waals surface area contributed by atoms with Gasteiger partial charge in [0.15, 0.2) is 0 Å². The molecule has 1 amide bonds. The Labute approximate surface area is 83.1 Å². The number of amides is 1. The summed E-state index contributed by atoms with van der Waals surface area (Å²) in [5, 5.41) is 9.13. The van der Waals surface area contributed by atoms with Gasteiger partial charge in [-0.1, -0.05) is 6.92 Å². The van der Waals surface area contributed by atoms with E-state index in [0.717, 1.165) is 12.8 Å². The predicted octanol–water partition coefficient (Wildman–Crippen LogP) is 0.723. The van der Waals surface area contributed by atoms with Gasteiger partial charge in [0.1, 0.15) is 0 Å². The third kappa shape index (κ3) is 3.18. The second-order valence-electron chi connectivity index (χ2n) is 3.31. The van der Waals surface area contributed by atoms with Gasteiger partial charge in [0, 0.05) is 12.1 Å². The van der Waals surface area contributed by atoms with Gasteiger partial charge in [-0.3, -0.25) is 9.89 Å². The van der Waals surface area contributed by atoms with Crippen LogP contribution in [0, 0.1) is 5.92 Å². The van der Waals surface area contributed by atoms with Crippen LogP contribution in [-0.2, 0) is 4.79 Å². The molecule has 5 heteroatoms. The van der Waals surface area contributed by atoms with Crippen molar-refractivity contribution in [1.29, 1.82) is 0 Å². The van der Waals surface area contributed by atoms with E-state index in [2.05, 4.69) is 15.5 Å². The van der Waals surface area contributed by atoms with Crippen molar-refractivity contribution < 1.29 is 4.79 Å². The van der Waals surface area contributed by atoms with E-state index < -0.39 is 0 Å². The molecule has 0 saturated carbocycles. The van der Waals surface area contributed by atoms with Gasteiger partial charge in [0.05, 0.1) is 11.9 Å². The van der Waals surface area contributed by atoms with Crippen LogP contribution in [0.2, 0.25) is 0 Å². The maximum Gasteiger partial charge on any atom is 0.227 e. The summed E-state index contributed by atoms with van der Waals surface area (Å²) in [6, 6.07) is 0. The van der Waals surface area contributed by atoms with E-state index in [4.69, 9.17) is 5.73 Å². The van der Waals surface area contributed by atoms with Crippen molar-refractivity contribution >= 4 is 11.6 Å². The van der Waals surface area contributed by atoms with Gasteiger partial charge >= 0.3 is 0 Å². The van der Waals surface area contributed by atoms with Crippen molar-refractivity contribution in [3.8, 4) is 0 Å². The first kappa shape index (κ1) is 10.7. The maximum absolute atomic E-state index is 11.5. The molecule has 5 nitrogen and oxygen atoms in total. The Morgan fingerprint density at radius 3 is 3.14 bits per heavy atom. The van der Waals surface area contributed by atoms with Crippen LogP contribution >= 0.6 is 0 Å². The zero-order chi connectivity index (χ0) is 10.4. The topological polar surface area (TPSA) is 83.8 Å². The van der Waals surface area contributed by atoms with Gasteiger partial charge in [0.2, 0.25) is 5.91 Å². The molecule has 4 N–H and O–H groups in total. The average Bonchev–Trinajstić information content (AvgIpc) is 2.66. The molecule has 0 radical (unpaired) electrons. The zero-order valence-electron chi connectivity index (χ0n) is 8.29. The molecule has 1 heterocycles. The molecule has 0 fully saturated rings. The molecule has 78 valence electrons.